The number of nitrogens with one attached hydrogen (secondary N) is 3. The van der Waals surface area contributed by atoms with E-state index in [-0.39, 0.29) is 17.5 Å². The van der Waals surface area contributed by atoms with Gasteiger partial charge in [0.1, 0.15) is 17.8 Å². The van der Waals surface area contributed by atoms with Crippen molar-refractivity contribution in [2.45, 2.75) is 20.3 Å². The smallest absolute Gasteiger partial charge is 0.274 e. The molecule has 7 heteroatoms. The highest BCUT2D eigenvalue weighted by molar-refractivity contribution is 6.03. The zero-order valence-electron chi connectivity index (χ0n) is 15.7. The molecule has 0 aliphatic heterocycles. The Morgan fingerprint density at radius 1 is 0.929 bits per heavy atom. The molecule has 3 rings (SSSR count). The number of amides is 2. The minimum atomic E-state index is -0.307. The van der Waals surface area contributed by atoms with E-state index in [1.807, 2.05) is 43.3 Å². The van der Waals surface area contributed by atoms with Crippen LogP contribution in [0.3, 0.4) is 0 Å². The summed E-state index contributed by atoms with van der Waals surface area (Å²) < 4.78 is 0. The van der Waals surface area contributed by atoms with Gasteiger partial charge < -0.3 is 16.0 Å². The summed E-state index contributed by atoms with van der Waals surface area (Å²) in [5, 5.41) is 8.73. The Balaban J connectivity index is 1.75. The molecule has 0 aliphatic carbocycles. The average Bonchev–Trinajstić information content (AvgIpc) is 2.68. The van der Waals surface area contributed by atoms with Crippen LogP contribution in [0.25, 0.3) is 0 Å². The molecule has 0 saturated carbocycles. The van der Waals surface area contributed by atoms with Gasteiger partial charge in [-0.3, -0.25) is 9.59 Å². The van der Waals surface area contributed by atoms with Crippen molar-refractivity contribution in [3.8, 4) is 0 Å². The summed E-state index contributed by atoms with van der Waals surface area (Å²) in [6.45, 7) is 3.49. The first-order chi connectivity index (χ1) is 13.5. The number of carbonyl (C=O) groups excluding carboxylic acids is 2. The highest BCUT2D eigenvalue weighted by Crippen LogP contribution is 2.20. The molecule has 2 aromatic carbocycles. The summed E-state index contributed by atoms with van der Waals surface area (Å²) in [5.74, 6) is 0.0211. The van der Waals surface area contributed by atoms with Gasteiger partial charge >= 0.3 is 0 Å². The van der Waals surface area contributed by atoms with Crippen molar-refractivity contribution in [3.05, 3.63) is 72.2 Å². The summed E-state index contributed by atoms with van der Waals surface area (Å²) in [6, 6.07) is 16.5. The fourth-order valence-electron chi connectivity index (χ4n) is 2.71. The Hall–Kier alpha value is -3.74. The molecule has 0 radical (unpaired) electrons. The van der Waals surface area contributed by atoms with E-state index in [0.29, 0.717) is 11.5 Å². The van der Waals surface area contributed by atoms with Crippen molar-refractivity contribution in [2.24, 2.45) is 0 Å². The molecule has 0 aliphatic rings. The highest BCUT2D eigenvalue weighted by atomic mass is 16.2. The third kappa shape index (κ3) is 4.91. The van der Waals surface area contributed by atoms with Crippen LogP contribution in [0, 0.1) is 0 Å². The van der Waals surface area contributed by atoms with Crippen LogP contribution in [0.5, 0.6) is 0 Å². The van der Waals surface area contributed by atoms with Crippen LogP contribution in [0.1, 0.15) is 29.9 Å². The predicted octanol–water partition coefficient (Wildman–Crippen LogP) is 3.99. The number of hydrogen-bond donors (Lipinski definition) is 3. The average molecular weight is 375 g/mol. The molecule has 0 saturated heterocycles. The minimum Gasteiger partial charge on any atom is -0.340 e. The van der Waals surface area contributed by atoms with Crippen LogP contribution in [0.2, 0.25) is 0 Å². The Morgan fingerprint density at radius 2 is 1.71 bits per heavy atom. The number of rotatable bonds is 6. The number of anilines is 4. The molecule has 1 aromatic heterocycles. The van der Waals surface area contributed by atoms with E-state index < -0.39 is 0 Å². The van der Waals surface area contributed by atoms with Gasteiger partial charge in [0.15, 0.2) is 0 Å². The van der Waals surface area contributed by atoms with Crippen LogP contribution in [0.15, 0.2) is 60.9 Å². The molecule has 1 heterocycles. The maximum Gasteiger partial charge on any atom is 0.274 e. The molecule has 2 amide bonds. The molecule has 0 unspecified atom stereocenters. The zero-order chi connectivity index (χ0) is 19.9. The van der Waals surface area contributed by atoms with Crippen molar-refractivity contribution in [1.82, 2.24) is 9.97 Å². The summed E-state index contributed by atoms with van der Waals surface area (Å²) in [4.78, 5) is 32.0. The van der Waals surface area contributed by atoms with Crippen molar-refractivity contribution in [3.63, 3.8) is 0 Å². The monoisotopic (exact) mass is 375 g/mol. The van der Waals surface area contributed by atoms with Gasteiger partial charge in [0, 0.05) is 30.1 Å². The number of para-hydroxylation sites is 1. The lowest BCUT2D eigenvalue weighted by Gasteiger charge is -2.11. The Bertz CT molecular complexity index is 1000. The van der Waals surface area contributed by atoms with E-state index in [2.05, 4.69) is 25.9 Å². The van der Waals surface area contributed by atoms with Gasteiger partial charge in [0.25, 0.3) is 5.91 Å². The van der Waals surface area contributed by atoms with Gasteiger partial charge in [-0.1, -0.05) is 31.2 Å². The summed E-state index contributed by atoms with van der Waals surface area (Å²) >= 11 is 0. The molecule has 3 aromatic rings. The van der Waals surface area contributed by atoms with Gasteiger partial charge in [-0.15, -0.1) is 0 Å². The normalized spacial score (nSPS) is 10.2. The largest absolute Gasteiger partial charge is 0.340 e. The van der Waals surface area contributed by atoms with E-state index >= 15 is 0 Å². The van der Waals surface area contributed by atoms with Crippen molar-refractivity contribution < 1.29 is 9.59 Å². The first-order valence-corrected chi connectivity index (χ1v) is 8.91. The SMILES string of the molecule is CCc1ccccc1NC(=O)c1cc(Nc2cccc(NC(C)=O)c2)ncn1. The van der Waals surface area contributed by atoms with E-state index in [9.17, 15) is 9.59 Å². The molecule has 7 nitrogen and oxygen atoms in total. The molecule has 0 spiro atoms. The Labute approximate surface area is 163 Å². The van der Waals surface area contributed by atoms with Crippen molar-refractivity contribution in [2.75, 3.05) is 16.0 Å². The fourth-order valence-corrected chi connectivity index (χ4v) is 2.71. The first-order valence-electron chi connectivity index (χ1n) is 8.91. The molecular formula is C21H21N5O2. The van der Waals surface area contributed by atoms with Gasteiger partial charge in [0.05, 0.1) is 0 Å². The van der Waals surface area contributed by atoms with E-state index in [0.717, 1.165) is 23.4 Å². The first kappa shape index (κ1) is 19.0. The van der Waals surface area contributed by atoms with E-state index in [4.69, 9.17) is 0 Å². The van der Waals surface area contributed by atoms with E-state index in [1.54, 1.807) is 18.2 Å². The second-order valence-corrected chi connectivity index (χ2v) is 6.14. The van der Waals surface area contributed by atoms with Crippen LogP contribution < -0.4 is 16.0 Å². The van der Waals surface area contributed by atoms with Gasteiger partial charge in [-0.25, -0.2) is 9.97 Å². The van der Waals surface area contributed by atoms with Crippen LogP contribution in [-0.2, 0) is 11.2 Å². The van der Waals surface area contributed by atoms with E-state index in [1.165, 1.54) is 13.3 Å². The lowest BCUT2D eigenvalue weighted by Crippen LogP contribution is -2.15. The Morgan fingerprint density at radius 3 is 2.50 bits per heavy atom. The summed E-state index contributed by atoms with van der Waals surface area (Å²) in [5.41, 5.74) is 3.47. The van der Waals surface area contributed by atoms with Crippen LogP contribution in [0.4, 0.5) is 22.9 Å². The number of aromatic nitrogens is 2. The quantitative estimate of drug-likeness (QED) is 0.605. The molecule has 142 valence electrons. The second kappa shape index (κ2) is 8.77. The summed E-state index contributed by atoms with van der Waals surface area (Å²) in [6.07, 6.45) is 2.15. The topological polar surface area (TPSA) is 96.0 Å². The maximum absolute atomic E-state index is 12.6. The molecule has 0 fully saturated rings. The number of benzene rings is 2. The number of hydrogen-bond acceptors (Lipinski definition) is 5. The van der Waals surface area contributed by atoms with Crippen LogP contribution >= 0.6 is 0 Å². The molecule has 28 heavy (non-hydrogen) atoms. The third-order valence-electron chi connectivity index (χ3n) is 4.00. The lowest BCUT2D eigenvalue weighted by molar-refractivity contribution is -0.114. The van der Waals surface area contributed by atoms with Crippen molar-refractivity contribution >= 4 is 34.7 Å². The standard InChI is InChI=1S/C21H21N5O2/c1-3-15-7-4-5-10-18(15)26-21(28)19-12-20(23-13-22-19)25-17-9-6-8-16(11-17)24-14(2)27/h4-13H,3H2,1-2H3,(H,24,27)(H,26,28)(H,22,23,25). The number of aryl methyl sites for hydroxylation is 1. The van der Waals surface area contributed by atoms with Crippen LogP contribution in [-0.4, -0.2) is 21.8 Å². The maximum atomic E-state index is 12.6. The third-order valence-corrected chi connectivity index (χ3v) is 4.00. The second-order valence-electron chi connectivity index (χ2n) is 6.14. The highest BCUT2D eigenvalue weighted by Gasteiger charge is 2.11. The lowest BCUT2D eigenvalue weighted by atomic mass is 10.1. The number of carbonyl (C=O) groups is 2. The minimum absolute atomic E-state index is 0.148. The summed E-state index contributed by atoms with van der Waals surface area (Å²) in [7, 11) is 0. The molecular weight excluding hydrogens is 354 g/mol. The molecule has 0 bridgehead atoms. The number of nitrogens with zero attached hydrogens (tertiary/aromatic N) is 2. The zero-order valence-corrected chi connectivity index (χ0v) is 15.7. The van der Waals surface area contributed by atoms with Gasteiger partial charge in [-0.05, 0) is 36.2 Å². The fraction of sp³-hybridized carbons (Fsp3) is 0.143. The predicted molar refractivity (Wildman–Crippen MR) is 110 cm³/mol. The molecule has 0 atom stereocenters. The molecule has 3 N–H and O–H groups in total. The van der Waals surface area contributed by atoms with Gasteiger partial charge in [-0.2, -0.15) is 0 Å². The van der Waals surface area contributed by atoms with Gasteiger partial charge in [0.2, 0.25) is 5.91 Å². The Kier molecular flexibility index (Phi) is 5.96. The van der Waals surface area contributed by atoms with Crippen molar-refractivity contribution in [1.29, 1.82) is 0 Å².